The Morgan fingerprint density at radius 3 is 2.76 bits per heavy atom. The SMILES string of the molecule is CC1(C)C(C(=O)[O-])C1C(=O)NC1CCCn2nccc21.[Na+]. The zero-order valence-corrected chi connectivity index (χ0v) is 14.6. The van der Waals surface area contributed by atoms with Crippen molar-refractivity contribution in [3.63, 3.8) is 0 Å². The van der Waals surface area contributed by atoms with Crippen LogP contribution >= 0.6 is 0 Å². The first-order chi connectivity index (χ1) is 9.43. The Morgan fingerprint density at radius 1 is 1.43 bits per heavy atom. The van der Waals surface area contributed by atoms with Crippen molar-refractivity contribution in [1.29, 1.82) is 0 Å². The van der Waals surface area contributed by atoms with Crippen LogP contribution in [0, 0.1) is 17.3 Å². The van der Waals surface area contributed by atoms with Gasteiger partial charge in [-0.2, -0.15) is 5.10 Å². The van der Waals surface area contributed by atoms with Crippen molar-refractivity contribution in [2.75, 3.05) is 0 Å². The second-order valence-corrected chi connectivity index (χ2v) is 6.28. The molecule has 0 bridgehead atoms. The number of rotatable bonds is 3. The maximum atomic E-state index is 12.3. The minimum atomic E-state index is -1.14. The van der Waals surface area contributed by atoms with Gasteiger partial charge in [0.2, 0.25) is 5.91 Å². The van der Waals surface area contributed by atoms with E-state index in [1.807, 2.05) is 10.7 Å². The maximum Gasteiger partial charge on any atom is 1.00 e. The molecule has 1 aliphatic carbocycles. The van der Waals surface area contributed by atoms with Crippen molar-refractivity contribution >= 4 is 11.9 Å². The summed E-state index contributed by atoms with van der Waals surface area (Å²) in [5, 5.41) is 18.2. The molecule has 7 heteroatoms. The van der Waals surface area contributed by atoms with Gasteiger partial charge in [-0.3, -0.25) is 9.48 Å². The van der Waals surface area contributed by atoms with Crippen LogP contribution in [0.5, 0.6) is 0 Å². The number of aromatic nitrogens is 2. The second kappa shape index (κ2) is 5.74. The number of carboxylic acid groups (broad SMARTS) is 1. The van der Waals surface area contributed by atoms with E-state index in [2.05, 4.69) is 10.4 Å². The van der Waals surface area contributed by atoms with Gasteiger partial charge in [0.25, 0.3) is 0 Å². The van der Waals surface area contributed by atoms with Crippen molar-refractivity contribution in [3.8, 4) is 0 Å². The number of hydrogen-bond donors (Lipinski definition) is 1. The van der Waals surface area contributed by atoms with Gasteiger partial charge in [0.15, 0.2) is 0 Å². The minimum Gasteiger partial charge on any atom is -0.550 e. The zero-order chi connectivity index (χ0) is 14.5. The van der Waals surface area contributed by atoms with Crippen LogP contribution < -0.4 is 40.0 Å². The normalized spacial score (nSPS) is 29.0. The Balaban J connectivity index is 0.00000161. The fourth-order valence-corrected chi connectivity index (χ4v) is 3.39. The summed E-state index contributed by atoms with van der Waals surface area (Å²) in [6, 6.07) is 1.83. The standard InChI is InChI=1S/C14H19N3O3.Na/c1-14(2)10(11(14)13(19)20)12(18)16-8-4-3-7-17-9(8)5-6-15-17;/h5-6,8,10-11H,3-4,7H2,1-2H3,(H,16,18)(H,19,20);/q;+1/p-1. The molecule has 0 spiro atoms. The molecule has 1 aromatic rings. The number of carboxylic acids is 1. The molecule has 21 heavy (non-hydrogen) atoms. The molecule has 1 aromatic heterocycles. The fourth-order valence-electron chi connectivity index (χ4n) is 3.39. The van der Waals surface area contributed by atoms with E-state index in [-0.39, 0.29) is 41.5 Å². The van der Waals surface area contributed by atoms with Crippen LogP contribution in [0.15, 0.2) is 12.3 Å². The average Bonchev–Trinajstić information content (AvgIpc) is 2.73. The van der Waals surface area contributed by atoms with Gasteiger partial charge in [-0.1, -0.05) is 13.8 Å². The first kappa shape index (κ1) is 16.5. The summed E-state index contributed by atoms with van der Waals surface area (Å²) < 4.78 is 1.89. The molecule has 0 aromatic carbocycles. The molecule has 3 rings (SSSR count). The number of aliphatic carboxylic acids is 1. The third kappa shape index (κ3) is 2.76. The molecule has 2 aliphatic rings. The number of fused-ring (bicyclic) bond motifs is 1. The van der Waals surface area contributed by atoms with E-state index < -0.39 is 23.2 Å². The zero-order valence-electron chi connectivity index (χ0n) is 12.6. The van der Waals surface area contributed by atoms with Gasteiger partial charge in [0.05, 0.1) is 17.7 Å². The first-order valence-corrected chi connectivity index (χ1v) is 6.96. The van der Waals surface area contributed by atoms with E-state index in [0.29, 0.717) is 0 Å². The number of nitrogens with zero attached hydrogens (tertiary/aromatic N) is 2. The van der Waals surface area contributed by atoms with E-state index in [9.17, 15) is 14.7 Å². The third-order valence-corrected chi connectivity index (χ3v) is 4.65. The molecule has 0 radical (unpaired) electrons. The molecular formula is C14H18N3NaO3. The van der Waals surface area contributed by atoms with Gasteiger partial charge in [-0.05, 0) is 24.3 Å². The molecule has 6 nitrogen and oxygen atoms in total. The van der Waals surface area contributed by atoms with E-state index in [4.69, 9.17) is 0 Å². The molecule has 0 saturated heterocycles. The van der Waals surface area contributed by atoms with Crippen molar-refractivity contribution < 1.29 is 44.3 Å². The van der Waals surface area contributed by atoms with Crippen LogP contribution in [0.3, 0.4) is 0 Å². The summed E-state index contributed by atoms with van der Waals surface area (Å²) in [5.41, 5.74) is 0.478. The Kier molecular flexibility index (Phi) is 4.52. The predicted octanol–water partition coefficient (Wildman–Crippen LogP) is -3.14. The largest absolute Gasteiger partial charge is 1.00 e. The molecule has 1 N–H and O–H groups in total. The molecular weight excluding hydrogens is 281 g/mol. The number of nitrogens with one attached hydrogen (secondary N) is 1. The number of aryl methyl sites for hydroxylation is 1. The fraction of sp³-hybridized carbons (Fsp3) is 0.643. The molecule has 1 amide bonds. The van der Waals surface area contributed by atoms with E-state index in [1.165, 1.54) is 0 Å². The number of amides is 1. The minimum absolute atomic E-state index is 0. The number of carbonyl (C=O) groups excluding carboxylic acids is 2. The maximum absolute atomic E-state index is 12.3. The van der Waals surface area contributed by atoms with Gasteiger partial charge in [-0.15, -0.1) is 0 Å². The monoisotopic (exact) mass is 299 g/mol. The van der Waals surface area contributed by atoms with E-state index in [0.717, 1.165) is 25.1 Å². The Hall–Kier alpha value is -0.850. The molecule has 108 valence electrons. The topological polar surface area (TPSA) is 87.0 Å². The molecule has 1 fully saturated rings. The van der Waals surface area contributed by atoms with Gasteiger partial charge < -0.3 is 15.2 Å². The molecule has 1 aliphatic heterocycles. The quantitative estimate of drug-likeness (QED) is 0.598. The summed E-state index contributed by atoms with van der Waals surface area (Å²) >= 11 is 0. The summed E-state index contributed by atoms with van der Waals surface area (Å²) in [6.45, 7) is 4.46. The van der Waals surface area contributed by atoms with Crippen LogP contribution in [-0.4, -0.2) is 21.7 Å². The Bertz CT molecular complexity index is 570. The Labute approximate surface area is 145 Å². The van der Waals surface area contributed by atoms with Crippen LogP contribution in [0.4, 0.5) is 0 Å². The van der Waals surface area contributed by atoms with E-state index >= 15 is 0 Å². The molecule has 1 saturated carbocycles. The van der Waals surface area contributed by atoms with Gasteiger partial charge >= 0.3 is 29.6 Å². The summed E-state index contributed by atoms with van der Waals surface area (Å²) in [6.07, 6.45) is 3.54. The van der Waals surface area contributed by atoms with Crippen LogP contribution in [0.1, 0.15) is 38.4 Å². The van der Waals surface area contributed by atoms with E-state index in [1.54, 1.807) is 20.0 Å². The number of carbonyl (C=O) groups is 2. The van der Waals surface area contributed by atoms with Gasteiger partial charge in [0.1, 0.15) is 0 Å². The summed E-state index contributed by atoms with van der Waals surface area (Å²) in [4.78, 5) is 23.3. The first-order valence-electron chi connectivity index (χ1n) is 6.96. The van der Waals surface area contributed by atoms with Crippen molar-refractivity contribution in [2.24, 2.45) is 17.3 Å². The smallest absolute Gasteiger partial charge is 0.550 e. The predicted molar refractivity (Wildman–Crippen MR) is 68.1 cm³/mol. The van der Waals surface area contributed by atoms with Crippen molar-refractivity contribution in [2.45, 2.75) is 39.3 Å². The second-order valence-electron chi connectivity index (χ2n) is 6.28. The van der Waals surface area contributed by atoms with Crippen LogP contribution in [0.25, 0.3) is 0 Å². The summed E-state index contributed by atoms with van der Waals surface area (Å²) in [7, 11) is 0. The third-order valence-electron chi connectivity index (χ3n) is 4.65. The van der Waals surface area contributed by atoms with Crippen molar-refractivity contribution in [3.05, 3.63) is 18.0 Å². The van der Waals surface area contributed by atoms with Gasteiger partial charge in [-0.25, -0.2) is 0 Å². The molecule has 3 unspecified atom stereocenters. The molecule has 3 atom stereocenters. The Morgan fingerprint density at radius 2 is 2.14 bits per heavy atom. The summed E-state index contributed by atoms with van der Waals surface area (Å²) in [5.74, 6) is -2.51. The number of hydrogen-bond acceptors (Lipinski definition) is 4. The van der Waals surface area contributed by atoms with Crippen molar-refractivity contribution in [1.82, 2.24) is 15.1 Å². The average molecular weight is 299 g/mol. The van der Waals surface area contributed by atoms with Crippen LogP contribution in [-0.2, 0) is 16.1 Å². The van der Waals surface area contributed by atoms with Crippen LogP contribution in [0.2, 0.25) is 0 Å². The van der Waals surface area contributed by atoms with Gasteiger partial charge in [0, 0.05) is 24.6 Å². The molecule has 2 heterocycles.